The Balaban J connectivity index is 1.89. The number of hydrogen-bond donors (Lipinski definition) is 0. The second-order valence-corrected chi connectivity index (χ2v) is 3.64. The van der Waals surface area contributed by atoms with Crippen LogP contribution in [0.2, 0.25) is 0 Å². The van der Waals surface area contributed by atoms with Crippen molar-refractivity contribution in [3.8, 4) is 5.75 Å². The molecule has 0 bridgehead atoms. The fraction of sp³-hybridized carbons (Fsp3) is 0.333. The van der Waals surface area contributed by atoms with Crippen molar-refractivity contribution in [2.24, 2.45) is 0 Å². The molecule has 0 amide bonds. The summed E-state index contributed by atoms with van der Waals surface area (Å²) in [6, 6.07) is 7.80. The Bertz CT molecular complexity index is 254. The van der Waals surface area contributed by atoms with Gasteiger partial charge in [0.1, 0.15) is 18.5 Å². The number of halogens is 1. The average molecular weight is 229 g/mol. The predicted molar refractivity (Wildman–Crippen MR) is 49.4 cm³/mol. The molecule has 1 saturated heterocycles. The molecule has 0 aromatic heterocycles. The van der Waals surface area contributed by atoms with Gasteiger partial charge >= 0.3 is 0 Å². The summed E-state index contributed by atoms with van der Waals surface area (Å²) >= 11 is 3.36. The van der Waals surface area contributed by atoms with Crippen LogP contribution in [-0.2, 0) is 4.74 Å². The van der Waals surface area contributed by atoms with Crippen LogP contribution in [0.4, 0.5) is 0 Å². The third kappa shape index (κ3) is 2.22. The highest BCUT2D eigenvalue weighted by Crippen LogP contribution is 2.17. The summed E-state index contributed by atoms with van der Waals surface area (Å²) in [5.41, 5.74) is 0. The molecular weight excluding hydrogens is 220 g/mol. The van der Waals surface area contributed by atoms with Crippen LogP contribution >= 0.6 is 15.9 Å². The van der Waals surface area contributed by atoms with E-state index in [1.807, 2.05) is 24.3 Å². The van der Waals surface area contributed by atoms with Crippen molar-refractivity contribution in [2.75, 3.05) is 13.2 Å². The fourth-order valence-corrected chi connectivity index (χ4v) is 1.15. The molecule has 0 saturated carbocycles. The van der Waals surface area contributed by atoms with Gasteiger partial charge in [-0.1, -0.05) is 15.9 Å². The summed E-state index contributed by atoms with van der Waals surface area (Å²) in [4.78, 5) is 0. The first-order chi connectivity index (χ1) is 5.84. The summed E-state index contributed by atoms with van der Waals surface area (Å²) in [6.07, 6.45) is 0.327. The molecule has 12 heavy (non-hydrogen) atoms. The molecule has 0 aliphatic carbocycles. The lowest BCUT2D eigenvalue weighted by molar-refractivity contribution is 0.263. The minimum absolute atomic E-state index is 0.327. The molecule has 64 valence electrons. The summed E-state index contributed by atoms with van der Waals surface area (Å²) < 4.78 is 11.5. The lowest BCUT2D eigenvalue weighted by Gasteiger charge is -2.02. The van der Waals surface area contributed by atoms with Crippen molar-refractivity contribution in [3.63, 3.8) is 0 Å². The lowest BCUT2D eigenvalue weighted by Crippen LogP contribution is -2.03. The minimum Gasteiger partial charge on any atom is -0.491 e. The first-order valence-corrected chi connectivity index (χ1v) is 4.64. The van der Waals surface area contributed by atoms with E-state index in [0.717, 1.165) is 16.8 Å². The van der Waals surface area contributed by atoms with E-state index in [1.54, 1.807) is 0 Å². The van der Waals surface area contributed by atoms with Crippen LogP contribution in [0.15, 0.2) is 28.7 Å². The van der Waals surface area contributed by atoms with Crippen LogP contribution in [-0.4, -0.2) is 19.3 Å². The first kappa shape index (κ1) is 8.08. The Morgan fingerprint density at radius 2 is 2.08 bits per heavy atom. The molecule has 3 heteroatoms. The Labute approximate surface area is 79.6 Å². The third-order valence-corrected chi connectivity index (χ3v) is 2.18. The largest absolute Gasteiger partial charge is 0.491 e. The van der Waals surface area contributed by atoms with Gasteiger partial charge in [0.25, 0.3) is 0 Å². The smallest absolute Gasteiger partial charge is 0.119 e. The number of benzene rings is 1. The van der Waals surface area contributed by atoms with Crippen molar-refractivity contribution in [1.29, 1.82) is 0 Å². The molecule has 1 aliphatic heterocycles. The van der Waals surface area contributed by atoms with E-state index in [1.165, 1.54) is 0 Å². The maximum absolute atomic E-state index is 5.44. The molecule has 1 fully saturated rings. The molecule has 1 aliphatic rings. The van der Waals surface area contributed by atoms with Crippen LogP contribution in [0.5, 0.6) is 5.75 Å². The Morgan fingerprint density at radius 3 is 2.67 bits per heavy atom. The van der Waals surface area contributed by atoms with Crippen LogP contribution in [0.25, 0.3) is 0 Å². The summed E-state index contributed by atoms with van der Waals surface area (Å²) in [5.74, 6) is 0.897. The van der Waals surface area contributed by atoms with Gasteiger partial charge in [0.2, 0.25) is 0 Å². The summed E-state index contributed by atoms with van der Waals surface area (Å²) in [5, 5.41) is 0. The minimum atomic E-state index is 0.327. The van der Waals surface area contributed by atoms with Crippen molar-refractivity contribution in [3.05, 3.63) is 28.7 Å². The van der Waals surface area contributed by atoms with E-state index in [-0.39, 0.29) is 0 Å². The maximum atomic E-state index is 5.44. The zero-order valence-corrected chi connectivity index (χ0v) is 8.08. The highest BCUT2D eigenvalue weighted by atomic mass is 79.9. The highest BCUT2D eigenvalue weighted by Gasteiger charge is 2.22. The quantitative estimate of drug-likeness (QED) is 0.741. The maximum Gasteiger partial charge on any atom is 0.119 e. The zero-order valence-electron chi connectivity index (χ0n) is 6.50. The number of epoxide rings is 1. The van der Waals surface area contributed by atoms with Gasteiger partial charge < -0.3 is 9.47 Å². The fourth-order valence-electron chi connectivity index (χ4n) is 0.884. The second kappa shape index (κ2) is 3.46. The zero-order chi connectivity index (χ0) is 8.39. The monoisotopic (exact) mass is 228 g/mol. The van der Waals surface area contributed by atoms with Gasteiger partial charge in [-0.3, -0.25) is 0 Å². The number of rotatable bonds is 3. The molecule has 0 unspecified atom stereocenters. The first-order valence-electron chi connectivity index (χ1n) is 3.84. The van der Waals surface area contributed by atoms with Gasteiger partial charge in [0, 0.05) is 4.47 Å². The second-order valence-electron chi connectivity index (χ2n) is 2.72. The normalized spacial score (nSPS) is 20.6. The van der Waals surface area contributed by atoms with E-state index in [2.05, 4.69) is 15.9 Å². The Hall–Kier alpha value is -0.540. The van der Waals surface area contributed by atoms with Gasteiger partial charge in [-0.05, 0) is 24.3 Å². The Kier molecular flexibility index (Phi) is 2.33. The molecule has 1 aromatic rings. The van der Waals surface area contributed by atoms with Crippen molar-refractivity contribution in [1.82, 2.24) is 0 Å². The van der Waals surface area contributed by atoms with Crippen LogP contribution in [0, 0.1) is 0 Å². The van der Waals surface area contributed by atoms with E-state index in [0.29, 0.717) is 12.7 Å². The molecule has 1 aromatic carbocycles. The number of ether oxygens (including phenoxy) is 2. The van der Waals surface area contributed by atoms with Gasteiger partial charge in [-0.15, -0.1) is 0 Å². The van der Waals surface area contributed by atoms with Crippen LogP contribution in [0.1, 0.15) is 0 Å². The van der Waals surface area contributed by atoms with Gasteiger partial charge in [0.05, 0.1) is 6.61 Å². The van der Waals surface area contributed by atoms with Gasteiger partial charge in [0.15, 0.2) is 0 Å². The van der Waals surface area contributed by atoms with Gasteiger partial charge in [-0.25, -0.2) is 0 Å². The summed E-state index contributed by atoms with van der Waals surface area (Å²) in [7, 11) is 0. The molecule has 1 atom stereocenters. The molecule has 0 radical (unpaired) electrons. The molecule has 2 rings (SSSR count). The average Bonchev–Trinajstić information content (AvgIpc) is 2.87. The molecule has 2 nitrogen and oxygen atoms in total. The highest BCUT2D eigenvalue weighted by molar-refractivity contribution is 9.10. The molecule has 0 N–H and O–H groups in total. The van der Waals surface area contributed by atoms with E-state index >= 15 is 0 Å². The lowest BCUT2D eigenvalue weighted by atomic mass is 10.3. The van der Waals surface area contributed by atoms with Gasteiger partial charge in [-0.2, -0.15) is 0 Å². The topological polar surface area (TPSA) is 21.8 Å². The predicted octanol–water partition coefficient (Wildman–Crippen LogP) is 2.23. The van der Waals surface area contributed by atoms with Crippen LogP contribution in [0.3, 0.4) is 0 Å². The molecular formula is C9H9BrO2. The van der Waals surface area contributed by atoms with Crippen molar-refractivity contribution < 1.29 is 9.47 Å². The summed E-state index contributed by atoms with van der Waals surface area (Å²) in [6.45, 7) is 1.51. The van der Waals surface area contributed by atoms with Crippen LogP contribution < -0.4 is 4.74 Å². The SMILES string of the molecule is Brc1ccc(OC[C@H]2CO2)cc1. The third-order valence-electron chi connectivity index (χ3n) is 1.65. The van der Waals surface area contributed by atoms with E-state index in [4.69, 9.17) is 9.47 Å². The number of hydrogen-bond acceptors (Lipinski definition) is 2. The van der Waals surface area contributed by atoms with Crippen molar-refractivity contribution >= 4 is 15.9 Å². The standard InChI is InChI=1S/C9H9BrO2/c10-7-1-3-8(4-2-7)11-5-9-6-12-9/h1-4,9H,5-6H2/t9-/m0/s1. The van der Waals surface area contributed by atoms with Crippen molar-refractivity contribution in [2.45, 2.75) is 6.10 Å². The van der Waals surface area contributed by atoms with E-state index < -0.39 is 0 Å². The Morgan fingerprint density at radius 1 is 1.42 bits per heavy atom. The molecule has 0 spiro atoms. The molecule has 1 heterocycles. The van der Waals surface area contributed by atoms with E-state index in [9.17, 15) is 0 Å².